The standard InChI is InChI=1S/C8H10O/c1-7-3-2-4-8(9)6-5-7/h3,5-6H,2,4H2,1H3. The highest BCUT2D eigenvalue weighted by Crippen LogP contribution is 2.05. The Morgan fingerprint density at radius 2 is 2.22 bits per heavy atom. The Bertz CT molecular complexity index is 175. The quantitative estimate of drug-likeness (QED) is 0.479. The van der Waals surface area contributed by atoms with Gasteiger partial charge in [0.05, 0.1) is 0 Å². The molecule has 0 bridgehead atoms. The molecule has 0 saturated carbocycles. The summed E-state index contributed by atoms with van der Waals surface area (Å²) in [5, 5.41) is 0. The van der Waals surface area contributed by atoms with Crippen LogP contribution in [0.25, 0.3) is 0 Å². The normalized spacial score (nSPS) is 19.2. The number of carbonyl (C=O) groups excluding carboxylic acids is 1. The van der Waals surface area contributed by atoms with Crippen LogP contribution in [-0.2, 0) is 4.79 Å². The van der Waals surface area contributed by atoms with Crippen LogP contribution >= 0.6 is 0 Å². The molecular weight excluding hydrogens is 112 g/mol. The van der Waals surface area contributed by atoms with Crippen LogP contribution in [0.3, 0.4) is 0 Å². The smallest absolute Gasteiger partial charge is 0.156 e. The first-order valence-electron chi connectivity index (χ1n) is 3.17. The first kappa shape index (κ1) is 6.27. The van der Waals surface area contributed by atoms with E-state index in [1.807, 2.05) is 13.0 Å². The molecule has 1 rings (SSSR count). The Hall–Kier alpha value is -0.850. The minimum Gasteiger partial charge on any atom is -0.295 e. The Morgan fingerprint density at radius 3 is 3.00 bits per heavy atom. The molecule has 0 aromatic carbocycles. The lowest BCUT2D eigenvalue weighted by molar-refractivity contribution is -0.114. The van der Waals surface area contributed by atoms with Gasteiger partial charge >= 0.3 is 0 Å². The molecule has 0 N–H and O–H groups in total. The van der Waals surface area contributed by atoms with Gasteiger partial charge in [-0.1, -0.05) is 17.7 Å². The topological polar surface area (TPSA) is 17.1 Å². The molecule has 0 atom stereocenters. The van der Waals surface area contributed by atoms with Crippen LogP contribution in [-0.4, -0.2) is 5.78 Å². The van der Waals surface area contributed by atoms with E-state index >= 15 is 0 Å². The average molecular weight is 122 g/mol. The van der Waals surface area contributed by atoms with Gasteiger partial charge in [-0.3, -0.25) is 4.79 Å². The van der Waals surface area contributed by atoms with Crippen molar-refractivity contribution in [2.75, 3.05) is 0 Å². The van der Waals surface area contributed by atoms with Crippen molar-refractivity contribution in [1.29, 1.82) is 0 Å². The van der Waals surface area contributed by atoms with Crippen LogP contribution < -0.4 is 0 Å². The monoisotopic (exact) mass is 122 g/mol. The summed E-state index contributed by atoms with van der Waals surface area (Å²) in [6.07, 6.45) is 7.18. The highest BCUT2D eigenvalue weighted by Gasteiger charge is 1.97. The molecule has 0 fully saturated rings. The molecule has 0 aliphatic heterocycles. The Morgan fingerprint density at radius 1 is 1.44 bits per heavy atom. The van der Waals surface area contributed by atoms with E-state index in [-0.39, 0.29) is 5.78 Å². The van der Waals surface area contributed by atoms with E-state index < -0.39 is 0 Å². The van der Waals surface area contributed by atoms with E-state index in [4.69, 9.17) is 0 Å². The van der Waals surface area contributed by atoms with Gasteiger partial charge in [-0.05, 0) is 19.4 Å². The van der Waals surface area contributed by atoms with E-state index in [0.29, 0.717) is 6.42 Å². The molecular formula is C8H10O. The Labute approximate surface area is 55.1 Å². The van der Waals surface area contributed by atoms with Gasteiger partial charge in [-0.2, -0.15) is 0 Å². The molecule has 48 valence electrons. The number of hydrogen-bond donors (Lipinski definition) is 0. The van der Waals surface area contributed by atoms with E-state index in [9.17, 15) is 4.79 Å². The lowest BCUT2D eigenvalue weighted by atomic mass is 10.2. The van der Waals surface area contributed by atoms with E-state index in [1.54, 1.807) is 6.08 Å². The van der Waals surface area contributed by atoms with E-state index in [0.717, 1.165) is 6.42 Å². The molecule has 1 nitrogen and oxygen atoms in total. The molecule has 0 unspecified atom stereocenters. The third-order valence-corrected chi connectivity index (χ3v) is 1.39. The molecule has 0 radical (unpaired) electrons. The molecule has 0 heterocycles. The van der Waals surface area contributed by atoms with Crippen molar-refractivity contribution < 1.29 is 4.79 Å². The van der Waals surface area contributed by atoms with Crippen LogP contribution in [0.2, 0.25) is 0 Å². The van der Waals surface area contributed by atoms with Crippen molar-refractivity contribution in [2.45, 2.75) is 19.8 Å². The number of hydrogen-bond acceptors (Lipinski definition) is 1. The lowest BCUT2D eigenvalue weighted by Crippen LogP contribution is -1.87. The minimum absolute atomic E-state index is 0.239. The lowest BCUT2D eigenvalue weighted by Gasteiger charge is -1.84. The van der Waals surface area contributed by atoms with Gasteiger partial charge in [0.1, 0.15) is 0 Å². The third kappa shape index (κ3) is 1.84. The van der Waals surface area contributed by atoms with Gasteiger partial charge in [0.15, 0.2) is 5.78 Å². The van der Waals surface area contributed by atoms with E-state index in [1.165, 1.54) is 5.57 Å². The molecule has 0 aromatic rings. The molecule has 0 amide bonds. The first-order chi connectivity index (χ1) is 4.29. The predicted octanol–water partition coefficient (Wildman–Crippen LogP) is 1.85. The van der Waals surface area contributed by atoms with Gasteiger partial charge in [0.25, 0.3) is 0 Å². The highest BCUT2D eigenvalue weighted by molar-refractivity contribution is 5.90. The Balaban J connectivity index is 2.69. The van der Waals surface area contributed by atoms with Gasteiger partial charge in [0.2, 0.25) is 0 Å². The van der Waals surface area contributed by atoms with Gasteiger partial charge in [0, 0.05) is 6.42 Å². The summed E-state index contributed by atoms with van der Waals surface area (Å²) in [4.78, 5) is 10.7. The zero-order valence-electron chi connectivity index (χ0n) is 5.55. The van der Waals surface area contributed by atoms with Crippen LogP contribution in [0.4, 0.5) is 0 Å². The summed E-state index contributed by atoms with van der Waals surface area (Å²) < 4.78 is 0. The summed E-state index contributed by atoms with van der Waals surface area (Å²) in [5.41, 5.74) is 1.20. The average Bonchev–Trinajstić information content (AvgIpc) is 1.97. The predicted molar refractivity (Wildman–Crippen MR) is 37.1 cm³/mol. The molecule has 1 aliphatic rings. The van der Waals surface area contributed by atoms with Crippen LogP contribution in [0.1, 0.15) is 19.8 Å². The number of rotatable bonds is 0. The van der Waals surface area contributed by atoms with Crippen LogP contribution in [0.15, 0.2) is 23.8 Å². The fraction of sp³-hybridized carbons (Fsp3) is 0.375. The van der Waals surface area contributed by atoms with Crippen molar-refractivity contribution in [1.82, 2.24) is 0 Å². The minimum atomic E-state index is 0.239. The van der Waals surface area contributed by atoms with E-state index in [2.05, 4.69) is 6.08 Å². The number of allylic oxidation sites excluding steroid dienone is 4. The zero-order chi connectivity index (χ0) is 6.69. The second kappa shape index (κ2) is 2.62. The maximum absolute atomic E-state index is 10.7. The summed E-state index contributed by atoms with van der Waals surface area (Å²) in [5.74, 6) is 0.239. The summed E-state index contributed by atoms with van der Waals surface area (Å²) in [6, 6.07) is 0. The molecule has 0 spiro atoms. The third-order valence-electron chi connectivity index (χ3n) is 1.39. The number of carbonyl (C=O) groups is 1. The van der Waals surface area contributed by atoms with Crippen molar-refractivity contribution in [3.8, 4) is 0 Å². The molecule has 0 aromatic heterocycles. The van der Waals surface area contributed by atoms with Crippen molar-refractivity contribution in [3.63, 3.8) is 0 Å². The maximum atomic E-state index is 10.7. The molecule has 1 heteroatoms. The van der Waals surface area contributed by atoms with Gasteiger partial charge in [-0.15, -0.1) is 0 Å². The van der Waals surface area contributed by atoms with Crippen molar-refractivity contribution in [2.24, 2.45) is 0 Å². The highest BCUT2D eigenvalue weighted by atomic mass is 16.1. The molecule has 9 heavy (non-hydrogen) atoms. The summed E-state index contributed by atoms with van der Waals surface area (Å²) in [6.45, 7) is 2.01. The summed E-state index contributed by atoms with van der Waals surface area (Å²) >= 11 is 0. The molecule has 1 aliphatic carbocycles. The van der Waals surface area contributed by atoms with Crippen molar-refractivity contribution >= 4 is 5.78 Å². The van der Waals surface area contributed by atoms with Crippen molar-refractivity contribution in [3.05, 3.63) is 23.8 Å². The SMILES string of the molecule is CC1=CCCC(=O)C=C1. The van der Waals surface area contributed by atoms with Crippen LogP contribution in [0, 0.1) is 0 Å². The second-order valence-corrected chi connectivity index (χ2v) is 2.29. The maximum Gasteiger partial charge on any atom is 0.156 e. The summed E-state index contributed by atoms with van der Waals surface area (Å²) in [7, 11) is 0. The number of ketones is 1. The van der Waals surface area contributed by atoms with Gasteiger partial charge < -0.3 is 0 Å². The van der Waals surface area contributed by atoms with Gasteiger partial charge in [-0.25, -0.2) is 0 Å². The fourth-order valence-electron chi connectivity index (χ4n) is 0.818. The zero-order valence-corrected chi connectivity index (χ0v) is 5.55. The van der Waals surface area contributed by atoms with Crippen LogP contribution in [0.5, 0.6) is 0 Å². The molecule has 0 saturated heterocycles. The first-order valence-corrected chi connectivity index (χ1v) is 3.17. The fourth-order valence-corrected chi connectivity index (χ4v) is 0.818. The Kier molecular flexibility index (Phi) is 1.83. The second-order valence-electron chi connectivity index (χ2n) is 2.29. The largest absolute Gasteiger partial charge is 0.295 e.